The molecule has 0 saturated heterocycles. The number of aromatic carboxylic acids is 1. The van der Waals surface area contributed by atoms with Crippen LogP contribution in [0, 0.1) is 0 Å². The van der Waals surface area contributed by atoms with Crippen molar-refractivity contribution in [3.8, 4) is 28.5 Å². The van der Waals surface area contributed by atoms with Gasteiger partial charge in [-0.15, -0.1) is 10.2 Å². The Hall–Kier alpha value is -4.53. The van der Waals surface area contributed by atoms with E-state index in [1.165, 1.54) is 0 Å². The van der Waals surface area contributed by atoms with Crippen molar-refractivity contribution in [2.24, 2.45) is 0 Å². The number of carbonyl (C=O) groups is 1. The number of rotatable bonds is 8. The third kappa shape index (κ3) is 4.12. The van der Waals surface area contributed by atoms with Crippen molar-refractivity contribution in [3.05, 3.63) is 77.4 Å². The average Bonchev–Trinajstić information content (AvgIpc) is 3.53. The maximum absolute atomic E-state index is 12.0. The van der Waals surface area contributed by atoms with Gasteiger partial charge in [-0.1, -0.05) is 61.5 Å². The van der Waals surface area contributed by atoms with Gasteiger partial charge >= 0.3 is 5.97 Å². The van der Waals surface area contributed by atoms with Crippen LogP contribution >= 0.6 is 0 Å². The number of ether oxygens (including phenoxy) is 1. The minimum Gasteiger partial charge on any atom is -0.478 e. The lowest BCUT2D eigenvalue weighted by molar-refractivity contribution is 0.0698. The fourth-order valence-corrected chi connectivity index (χ4v) is 4.29. The predicted molar refractivity (Wildman–Crippen MR) is 131 cm³/mol. The number of hydrogen-bond donors (Lipinski definition) is 2. The topological polar surface area (TPSA) is 119 Å². The second-order valence-corrected chi connectivity index (χ2v) is 8.02. The molecule has 3 aromatic carbocycles. The molecule has 0 aliphatic rings. The number of nitrogens with one attached hydrogen (secondary N) is 1. The molecule has 0 aliphatic carbocycles. The van der Waals surface area contributed by atoms with Crippen LogP contribution in [0.5, 0.6) is 6.01 Å². The Kier molecular flexibility index (Phi) is 5.97. The SMILES string of the molecule is CCOc1nc2c(CC)ccc(C(=O)O)c2n1Cc1ccc(-c2ccccc2-c2nn[nH]n2)cc1. The van der Waals surface area contributed by atoms with Crippen LogP contribution in [0.25, 0.3) is 33.5 Å². The highest BCUT2D eigenvalue weighted by atomic mass is 16.5. The van der Waals surface area contributed by atoms with E-state index >= 15 is 0 Å². The zero-order valence-electron chi connectivity index (χ0n) is 19.4. The molecular formula is C26H24N6O3. The van der Waals surface area contributed by atoms with E-state index in [1.807, 2.05) is 73.0 Å². The first-order valence-electron chi connectivity index (χ1n) is 11.4. The van der Waals surface area contributed by atoms with Crippen molar-refractivity contribution in [1.82, 2.24) is 30.2 Å². The summed E-state index contributed by atoms with van der Waals surface area (Å²) in [5.74, 6) is -0.459. The third-order valence-electron chi connectivity index (χ3n) is 5.95. The van der Waals surface area contributed by atoms with Crippen molar-refractivity contribution in [3.63, 3.8) is 0 Å². The number of carboxylic acid groups (broad SMARTS) is 1. The molecule has 0 amide bonds. The van der Waals surface area contributed by atoms with Crippen LogP contribution in [0.3, 0.4) is 0 Å². The molecule has 35 heavy (non-hydrogen) atoms. The van der Waals surface area contributed by atoms with E-state index < -0.39 is 5.97 Å². The van der Waals surface area contributed by atoms with Gasteiger partial charge in [-0.2, -0.15) is 10.2 Å². The van der Waals surface area contributed by atoms with Gasteiger partial charge in [-0.25, -0.2) is 4.79 Å². The largest absolute Gasteiger partial charge is 0.478 e. The van der Waals surface area contributed by atoms with E-state index in [-0.39, 0.29) is 5.56 Å². The zero-order valence-corrected chi connectivity index (χ0v) is 19.4. The molecule has 0 radical (unpaired) electrons. The lowest BCUT2D eigenvalue weighted by atomic mass is 9.98. The number of hydrogen-bond acceptors (Lipinski definition) is 6. The van der Waals surface area contributed by atoms with Crippen molar-refractivity contribution in [2.75, 3.05) is 6.61 Å². The molecule has 9 heteroatoms. The number of H-pyrrole nitrogens is 1. The van der Waals surface area contributed by atoms with Gasteiger partial charge in [0.15, 0.2) is 0 Å². The molecule has 0 unspecified atom stereocenters. The van der Waals surface area contributed by atoms with E-state index in [9.17, 15) is 9.90 Å². The minimum atomic E-state index is -0.990. The lowest BCUT2D eigenvalue weighted by Crippen LogP contribution is -2.08. The highest BCUT2D eigenvalue weighted by molar-refractivity contribution is 6.02. The van der Waals surface area contributed by atoms with Gasteiger partial charge in [0.2, 0.25) is 5.82 Å². The summed E-state index contributed by atoms with van der Waals surface area (Å²) in [4.78, 5) is 16.7. The number of tetrazole rings is 1. The lowest BCUT2D eigenvalue weighted by Gasteiger charge is -2.12. The zero-order chi connectivity index (χ0) is 24.4. The van der Waals surface area contributed by atoms with Crippen LogP contribution in [0.2, 0.25) is 0 Å². The van der Waals surface area contributed by atoms with Crippen LogP contribution in [0.4, 0.5) is 0 Å². The first kappa shape index (κ1) is 22.3. The monoisotopic (exact) mass is 468 g/mol. The number of nitrogens with zero attached hydrogens (tertiary/aromatic N) is 5. The van der Waals surface area contributed by atoms with Gasteiger partial charge in [0.1, 0.15) is 0 Å². The molecular weight excluding hydrogens is 444 g/mol. The Morgan fingerprint density at radius 2 is 1.80 bits per heavy atom. The van der Waals surface area contributed by atoms with E-state index in [1.54, 1.807) is 6.07 Å². The molecule has 0 atom stereocenters. The van der Waals surface area contributed by atoms with Crippen LogP contribution < -0.4 is 4.74 Å². The summed E-state index contributed by atoms with van der Waals surface area (Å²) >= 11 is 0. The first-order valence-corrected chi connectivity index (χ1v) is 11.4. The number of aromatic nitrogens is 6. The maximum Gasteiger partial charge on any atom is 0.337 e. The summed E-state index contributed by atoms with van der Waals surface area (Å²) in [6.07, 6.45) is 0.744. The number of carboxylic acids is 1. The molecule has 5 rings (SSSR count). The van der Waals surface area contributed by atoms with Gasteiger partial charge in [-0.3, -0.25) is 4.57 Å². The second kappa shape index (κ2) is 9.38. The Balaban J connectivity index is 1.55. The summed E-state index contributed by atoms with van der Waals surface area (Å²) in [6, 6.07) is 19.9. The highest BCUT2D eigenvalue weighted by Crippen LogP contribution is 2.32. The maximum atomic E-state index is 12.0. The average molecular weight is 469 g/mol. The Morgan fingerprint density at radius 1 is 1.03 bits per heavy atom. The Labute approximate surface area is 201 Å². The fourth-order valence-electron chi connectivity index (χ4n) is 4.29. The van der Waals surface area contributed by atoms with Gasteiger partial charge in [-0.05, 0) is 46.9 Å². The van der Waals surface area contributed by atoms with E-state index in [0.717, 1.165) is 34.2 Å². The van der Waals surface area contributed by atoms with E-state index in [0.29, 0.717) is 36.0 Å². The number of imidazole rings is 1. The van der Waals surface area contributed by atoms with Gasteiger partial charge in [0.05, 0.1) is 29.7 Å². The van der Waals surface area contributed by atoms with Crippen LogP contribution in [0.1, 0.15) is 35.3 Å². The predicted octanol–water partition coefficient (Wildman–Crippen LogP) is 4.59. The molecule has 2 aromatic heterocycles. The summed E-state index contributed by atoms with van der Waals surface area (Å²) in [5.41, 5.74) is 6.31. The molecule has 0 saturated carbocycles. The number of fused-ring (bicyclic) bond motifs is 1. The first-order chi connectivity index (χ1) is 17.1. The Morgan fingerprint density at radius 3 is 2.46 bits per heavy atom. The third-order valence-corrected chi connectivity index (χ3v) is 5.95. The highest BCUT2D eigenvalue weighted by Gasteiger charge is 2.21. The summed E-state index contributed by atoms with van der Waals surface area (Å²) in [5, 5.41) is 24.2. The summed E-state index contributed by atoms with van der Waals surface area (Å²) in [6.45, 7) is 4.77. The normalized spacial score (nSPS) is 11.1. The molecule has 0 bridgehead atoms. The number of aryl methyl sites for hydroxylation is 1. The van der Waals surface area contributed by atoms with Crippen molar-refractivity contribution >= 4 is 17.0 Å². The molecule has 9 nitrogen and oxygen atoms in total. The number of aromatic amines is 1. The second-order valence-electron chi connectivity index (χ2n) is 8.02. The molecule has 0 aliphatic heterocycles. The van der Waals surface area contributed by atoms with Crippen molar-refractivity contribution < 1.29 is 14.6 Å². The van der Waals surface area contributed by atoms with Crippen LogP contribution in [-0.2, 0) is 13.0 Å². The molecule has 0 fully saturated rings. The van der Waals surface area contributed by atoms with Crippen molar-refractivity contribution in [1.29, 1.82) is 0 Å². The molecule has 0 spiro atoms. The van der Waals surface area contributed by atoms with Gasteiger partial charge in [0.25, 0.3) is 6.01 Å². The minimum absolute atomic E-state index is 0.210. The smallest absolute Gasteiger partial charge is 0.337 e. The van der Waals surface area contributed by atoms with Gasteiger partial charge < -0.3 is 9.84 Å². The summed E-state index contributed by atoms with van der Waals surface area (Å²) < 4.78 is 7.67. The fraction of sp³-hybridized carbons (Fsp3) is 0.192. The standard InChI is InChI=1S/C26H24N6O3/c1-3-17-13-14-21(25(33)34)23-22(17)27-26(35-4-2)32(23)15-16-9-11-18(12-10-16)19-7-5-6-8-20(19)24-28-30-31-29-24/h5-14H,3-4,15H2,1-2H3,(H,33,34)(H,28,29,30,31). The molecule has 5 aromatic rings. The van der Waals surface area contributed by atoms with Crippen LogP contribution in [-0.4, -0.2) is 47.9 Å². The van der Waals surface area contributed by atoms with Crippen molar-refractivity contribution in [2.45, 2.75) is 26.8 Å². The molecule has 176 valence electrons. The van der Waals surface area contributed by atoms with E-state index in [4.69, 9.17) is 4.74 Å². The Bertz CT molecular complexity index is 1490. The van der Waals surface area contributed by atoms with E-state index in [2.05, 4.69) is 25.6 Å². The molecule has 2 N–H and O–H groups in total. The van der Waals surface area contributed by atoms with Gasteiger partial charge in [0, 0.05) is 5.56 Å². The van der Waals surface area contributed by atoms with Crippen LogP contribution in [0.15, 0.2) is 60.7 Å². The molecule has 2 heterocycles. The number of benzene rings is 3. The summed E-state index contributed by atoms with van der Waals surface area (Å²) in [7, 11) is 0. The quantitative estimate of drug-likeness (QED) is 0.342.